The number of para-hydroxylation sites is 1. The Morgan fingerprint density at radius 2 is 2.05 bits per heavy atom. The molecular formula is C15H23N3O2. The zero-order chi connectivity index (χ0) is 15.1. The summed E-state index contributed by atoms with van der Waals surface area (Å²) in [5.41, 5.74) is 7.56. The molecule has 1 unspecified atom stereocenters. The molecule has 1 rings (SSSR count). The highest BCUT2D eigenvalue weighted by Gasteiger charge is 2.28. The third-order valence-electron chi connectivity index (χ3n) is 3.34. The molecule has 0 saturated heterocycles. The third kappa shape index (κ3) is 3.50. The Kier molecular flexibility index (Phi) is 6.03. The largest absolute Gasteiger partial charge is 0.409 e. The first-order chi connectivity index (χ1) is 9.56. The molecule has 0 aromatic heterocycles. The van der Waals surface area contributed by atoms with Gasteiger partial charge in [-0.3, -0.25) is 4.79 Å². The summed E-state index contributed by atoms with van der Waals surface area (Å²) in [4.78, 5) is 14.4. The number of carbonyl (C=O) groups excluding carboxylic acids is 1. The normalized spacial score (nSPS) is 13.1. The Labute approximate surface area is 120 Å². The van der Waals surface area contributed by atoms with Crippen LogP contribution < -0.4 is 10.6 Å². The number of nitrogens with zero attached hydrogens (tertiary/aromatic N) is 2. The molecule has 5 heteroatoms. The van der Waals surface area contributed by atoms with Crippen LogP contribution in [-0.2, 0) is 4.79 Å². The van der Waals surface area contributed by atoms with Gasteiger partial charge in [-0.2, -0.15) is 0 Å². The van der Waals surface area contributed by atoms with Crippen LogP contribution in [0, 0.1) is 12.8 Å². The molecule has 3 N–H and O–H groups in total. The first kappa shape index (κ1) is 16.0. The zero-order valence-corrected chi connectivity index (χ0v) is 12.3. The predicted molar refractivity (Wildman–Crippen MR) is 81.0 cm³/mol. The van der Waals surface area contributed by atoms with Crippen LogP contribution in [0.25, 0.3) is 0 Å². The van der Waals surface area contributed by atoms with Gasteiger partial charge in [0.25, 0.3) is 0 Å². The van der Waals surface area contributed by atoms with Gasteiger partial charge in [0.1, 0.15) is 0 Å². The van der Waals surface area contributed by atoms with Crippen molar-refractivity contribution in [2.75, 3.05) is 11.4 Å². The topological polar surface area (TPSA) is 78.9 Å². The average Bonchev–Trinajstić information content (AvgIpc) is 2.46. The average molecular weight is 277 g/mol. The van der Waals surface area contributed by atoms with Gasteiger partial charge in [-0.1, -0.05) is 36.7 Å². The Morgan fingerprint density at radius 3 is 2.55 bits per heavy atom. The molecule has 1 atom stereocenters. The highest BCUT2D eigenvalue weighted by Crippen LogP contribution is 2.22. The highest BCUT2D eigenvalue weighted by molar-refractivity contribution is 6.09. The molecule has 1 aromatic carbocycles. The lowest BCUT2D eigenvalue weighted by Crippen LogP contribution is -2.42. The first-order valence-corrected chi connectivity index (χ1v) is 6.91. The fraction of sp³-hybridized carbons (Fsp3) is 0.467. The van der Waals surface area contributed by atoms with Crippen LogP contribution in [-0.4, -0.2) is 23.5 Å². The van der Waals surface area contributed by atoms with Gasteiger partial charge in [0.15, 0.2) is 5.84 Å². The number of nitrogens with two attached hydrogens (primary N) is 1. The summed E-state index contributed by atoms with van der Waals surface area (Å²) in [5.74, 6) is -0.729. The smallest absolute Gasteiger partial charge is 0.237 e. The summed E-state index contributed by atoms with van der Waals surface area (Å²) in [6.45, 7) is 6.39. The molecule has 110 valence electrons. The lowest BCUT2D eigenvalue weighted by atomic mass is 10.00. The van der Waals surface area contributed by atoms with E-state index < -0.39 is 5.92 Å². The van der Waals surface area contributed by atoms with E-state index in [-0.39, 0.29) is 11.7 Å². The van der Waals surface area contributed by atoms with Crippen LogP contribution in [0.1, 0.15) is 32.3 Å². The standard InChI is InChI=1S/C15H23N3O2/c1-4-8-12(14(16)17-20)15(19)18(5-2)13-10-7-6-9-11(13)3/h6-7,9-10,12,20H,4-5,8H2,1-3H3,(H2,16,17). The molecule has 0 aliphatic carbocycles. The van der Waals surface area contributed by atoms with Crippen molar-refractivity contribution in [2.45, 2.75) is 33.6 Å². The number of rotatable bonds is 6. The molecular weight excluding hydrogens is 254 g/mol. The number of hydrogen-bond acceptors (Lipinski definition) is 3. The van der Waals surface area contributed by atoms with Gasteiger partial charge in [0.05, 0.1) is 5.92 Å². The van der Waals surface area contributed by atoms with Crippen molar-refractivity contribution in [2.24, 2.45) is 16.8 Å². The van der Waals surface area contributed by atoms with E-state index in [0.29, 0.717) is 13.0 Å². The first-order valence-electron chi connectivity index (χ1n) is 6.91. The predicted octanol–water partition coefficient (Wildman–Crippen LogP) is 2.51. The van der Waals surface area contributed by atoms with Crippen molar-refractivity contribution >= 4 is 17.4 Å². The number of aryl methyl sites for hydroxylation is 1. The Morgan fingerprint density at radius 1 is 1.40 bits per heavy atom. The highest BCUT2D eigenvalue weighted by atomic mass is 16.4. The molecule has 0 aliphatic heterocycles. The van der Waals surface area contributed by atoms with Crippen LogP contribution >= 0.6 is 0 Å². The maximum atomic E-state index is 12.7. The minimum Gasteiger partial charge on any atom is -0.409 e. The molecule has 0 bridgehead atoms. The van der Waals surface area contributed by atoms with Crippen molar-refractivity contribution in [1.82, 2.24) is 0 Å². The quantitative estimate of drug-likeness (QED) is 0.363. The number of amides is 1. The van der Waals surface area contributed by atoms with E-state index in [2.05, 4.69) is 5.16 Å². The second-order valence-corrected chi connectivity index (χ2v) is 4.74. The summed E-state index contributed by atoms with van der Waals surface area (Å²) in [5, 5.41) is 11.9. The van der Waals surface area contributed by atoms with Crippen molar-refractivity contribution in [1.29, 1.82) is 0 Å². The van der Waals surface area contributed by atoms with Crippen molar-refractivity contribution in [3.8, 4) is 0 Å². The van der Waals surface area contributed by atoms with Crippen molar-refractivity contribution in [3.05, 3.63) is 29.8 Å². The van der Waals surface area contributed by atoms with E-state index in [1.165, 1.54) is 0 Å². The van der Waals surface area contributed by atoms with Crippen LogP contribution in [0.3, 0.4) is 0 Å². The summed E-state index contributed by atoms with van der Waals surface area (Å²) in [6.07, 6.45) is 1.36. The van der Waals surface area contributed by atoms with Gasteiger partial charge in [0.2, 0.25) is 5.91 Å². The number of carbonyl (C=O) groups is 1. The van der Waals surface area contributed by atoms with Gasteiger partial charge >= 0.3 is 0 Å². The van der Waals surface area contributed by atoms with Crippen molar-refractivity contribution in [3.63, 3.8) is 0 Å². The number of hydrogen-bond donors (Lipinski definition) is 2. The minimum atomic E-state index is -0.579. The third-order valence-corrected chi connectivity index (χ3v) is 3.34. The second-order valence-electron chi connectivity index (χ2n) is 4.74. The summed E-state index contributed by atoms with van der Waals surface area (Å²) < 4.78 is 0. The molecule has 0 saturated carbocycles. The van der Waals surface area contributed by atoms with Gasteiger partial charge < -0.3 is 15.8 Å². The molecule has 1 aromatic rings. The van der Waals surface area contributed by atoms with E-state index in [4.69, 9.17) is 10.9 Å². The zero-order valence-electron chi connectivity index (χ0n) is 12.3. The van der Waals surface area contributed by atoms with E-state index in [9.17, 15) is 4.79 Å². The summed E-state index contributed by atoms with van der Waals surface area (Å²) in [6, 6.07) is 7.70. The van der Waals surface area contributed by atoms with Crippen LogP contribution in [0.4, 0.5) is 5.69 Å². The van der Waals surface area contributed by atoms with Crippen LogP contribution in [0.5, 0.6) is 0 Å². The molecule has 20 heavy (non-hydrogen) atoms. The van der Waals surface area contributed by atoms with Gasteiger partial charge in [-0.25, -0.2) is 0 Å². The molecule has 1 amide bonds. The fourth-order valence-corrected chi connectivity index (χ4v) is 2.26. The van der Waals surface area contributed by atoms with E-state index >= 15 is 0 Å². The molecule has 0 heterocycles. The van der Waals surface area contributed by atoms with Gasteiger partial charge in [0, 0.05) is 12.2 Å². The molecule has 0 spiro atoms. The Bertz CT molecular complexity index is 486. The molecule has 0 fully saturated rings. The minimum absolute atomic E-state index is 0.0242. The molecule has 5 nitrogen and oxygen atoms in total. The van der Waals surface area contributed by atoms with Gasteiger partial charge in [-0.05, 0) is 31.9 Å². The van der Waals surface area contributed by atoms with E-state index in [1.54, 1.807) is 4.90 Å². The van der Waals surface area contributed by atoms with Crippen LogP contribution in [0.2, 0.25) is 0 Å². The maximum Gasteiger partial charge on any atom is 0.237 e. The monoisotopic (exact) mass is 277 g/mol. The number of anilines is 1. The number of amidine groups is 1. The van der Waals surface area contributed by atoms with Gasteiger partial charge in [-0.15, -0.1) is 0 Å². The Hall–Kier alpha value is -2.04. The SMILES string of the molecule is CCCC(C(=O)N(CC)c1ccccc1C)C(N)=NO. The summed E-state index contributed by atoms with van der Waals surface area (Å²) >= 11 is 0. The van der Waals surface area contributed by atoms with Crippen molar-refractivity contribution < 1.29 is 10.0 Å². The molecule has 0 radical (unpaired) electrons. The second kappa shape index (κ2) is 7.53. The van der Waals surface area contributed by atoms with Crippen LogP contribution in [0.15, 0.2) is 29.4 Å². The maximum absolute atomic E-state index is 12.7. The number of oxime groups is 1. The molecule has 0 aliphatic rings. The number of benzene rings is 1. The lowest BCUT2D eigenvalue weighted by molar-refractivity contribution is -0.120. The van der Waals surface area contributed by atoms with E-state index in [0.717, 1.165) is 17.7 Å². The lowest BCUT2D eigenvalue weighted by Gasteiger charge is -2.27. The Balaban J connectivity index is 3.10. The summed E-state index contributed by atoms with van der Waals surface area (Å²) in [7, 11) is 0. The fourth-order valence-electron chi connectivity index (χ4n) is 2.26. The van der Waals surface area contributed by atoms with E-state index in [1.807, 2.05) is 45.0 Å².